The van der Waals surface area contributed by atoms with E-state index in [1.165, 1.54) is 44.9 Å². The van der Waals surface area contributed by atoms with E-state index in [1.807, 2.05) is 55.6 Å². The predicted molar refractivity (Wildman–Crippen MR) is 231 cm³/mol. The highest BCUT2D eigenvalue weighted by Crippen LogP contribution is 2.39. The molecule has 4 rings (SSSR count). The number of hydrogen-bond donors (Lipinski definition) is 0. The lowest BCUT2D eigenvalue weighted by Gasteiger charge is -2.34. The van der Waals surface area contributed by atoms with Gasteiger partial charge in [-0.2, -0.15) is 0 Å². The summed E-state index contributed by atoms with van der Waals surface area (Å²) in [6, 6.07) is 7.71. The maximum atomic E-state index is 13.4. The maximum Gasteiger partial charge on any atom is 0.246 e. The van der Waals surface area contributed by atoms with Gasteiger partial charge in [0.25, 0.3) is 0 Å². The number of methoxy groups -OCH3 is 6. The van der Waals surface area contributed by atoms with Gasteiger partial charge in [-0.15, -0.1) is 0 Å². The summed E-state index contributed by atoms with van der Waals surface area (Å²) in [6.45, 7) is 1.41. The van der Waals surface area contributed by atoms with Crippen LogP contribution in [-0.4, -0.2) is 90.5 Å². The van der Waals surface area contributed by atoms with Crippen molar-refractivity contribution in [2.45, 2.75) is 102 Å². The Kier molecular flexibility index (Phi) is 22.0. The number of hydrogen-bond acceptors (Lipinski definition) is 8. The van der Waals surface area contributed by atoms with Crippen LogP contribution < -0.4 is 28.4 Å². The maximum absolute atomic E-state index is 13.4. The van der Waals surface area contributed by atoms with Gasteiger partial charge in [-0.1, -0.05) is 107 Å². The molecule has 2 aliphatic rings. The highest BCUT2D eigenvalue weighted by molar-refractivity contribution is 5.88. The molecule has 2 aromatic carbocycles. The van der Waals surface area contributed by atoms with Crippen LogP contribution in [0.5, 0.6) is 34.5 Å². The van der Waals surface area contributed by atoms with Gasteiger partial charge in [0, 0.05) is 38.3 Å². The number of benzene rings is 2. The molecule has 10 nitrogen and oxygen atoms in total. The summed E-state index contributed by atoms with van der Waals surface area (Å²) in [6.07, 6.45) is 32.7. The average Bonchev–Trinajstić information content (AvgIpc) is 3.26. The molecule has 0 radical (unpaired) electrons. The van der Waals surface area contributed by atoms with E-state index < -0.39 is 0 Å². The van der Waals surface area contributed by atoms with Crippen LogP contribution in [0.1, 0.15) is 107 Å². The number of allylic oxidation sites excluding steroid dienone is 4. The van der Waals surface area contributed by atoms with Gasteiger partial charge < -0.3 is 38.2 Å². The molecule has 0 bridgehead atoms. The van der Waals surface area contributed by atoms with Gasteiger partial charge >= 0.3 is 0 Å². The highest BCUT2D eigenvalue weighted by atomic mass is 16.5. The zero-order valence-electron chi connectivity index (χ0n) is 35.7. The Morgan fingerprint density at radius 2 is 0.912 bits per heavy atom. The molecule has 2 aromatic rings. The Labute approximate surface area is 342 Å². The second kappa shape index (κ2) is 26.9. The first-order valence-electron chi connectivity index (χ1n) is 20.6. The van der Waals surface area contributed by atoms with Crippen molar-refractivity contribution in [2.24, 2.45) is 0 Å². The van der Waals surface area contributed by atoms with Crippen molar-refractivity contribution in [1.29, 1.82) is 0 Å². The van der Waals surface area contributed by atoms with E-state index in [4.69, 9.17) is 28.4 Å². The van der Waals surface area contributed by atoms with Crippen LogP contribution in [0.25, 0.3) is 12.2 Å². The zero-order valence-corrected chi connectivity index (χ0v) is 35.7. The molecule has 0 atom stereocenters. The SMILES string of the molecule is C1CCCCC1.COc1cc(/C=C/C=C/C(=O)N(C)CCCCCCN(C(=O)/C=C/C=C/c2cc(OC)c(OC)c(OC)c2)C2CCCCC2)cc(OC)c1OC. The third-order valence-corrected chi connectivity index (χ3v) is 10.5. The number of carbonyl (C=O) groups excluding carboxylic acids is 2. The Morgan fingerprint density at radius 3 is 1.32 bits per heavy atom. The number of unbranched alkanes of at least 4 members (excludes halogenated alkanes) is 3. The van der Waals surface area contributed by atoms with E-state index in [2.05, 4.69) is 4.90 Å². The quantitative estimate of drug-likeness (QED) is 0.0744. The lowest BCUT2D eigenvalue weighted by atomic mass is 9.94. The van der Waals surface area contributed by atoms with Gasteiger partial charge in [0.1, 0.15) is 0 Å². The van der Waals surface area contributed by atoms with E-state index in [-0.39, 0.29) is 17.9 Å². The minimum Gasteiger partial charge on any atom is -0.493 e. The van der Waals surface area contributed by atoms with Gasteiger partial charge in [0.15, 0.2) is 23.0 Å². The second-order valence-electron chi connectivity index (χ2n) is 14.5. The van der Waals surface area contributed by atoms with Crippen LogP contribution in [-0.2, 0) is 9.59 Å². The van der Waals surface area contributed by atoms with Crippen LogP contribution in [0.4, 0.5) is 0 Å². The predicted octanol–water partition coefficient (Wildman–Crippen LogP) is 10.1. The van der Waals surface area contributed by atoms with Crippen LogP contribution in [0.15, 0.2) is 60.7 Å². The minimum atomic E-state index is -0.0512. The fourth-order valence-electron chi connectivity index (χ4n) is 7.25. The molecule has 0 saturated heterocycles. The van der Waals surface area contributed by atoms with Gasteiger partial charge in [-0.25, -0.2) is 0 Å². The molecule has 0 aromatic heterocycles. The summed E-state index contributed by atoms with van der Waals surface area (Å²) in [5.41, 5.74) is 1.73. The summed E-state index contributed by atoms with van der Waals surface area (Å²) in [7, 11) is 11.3. The number of rotatable bonds is 20. The summed E-state index contributed by atoms with van der Waals surface area (Å²) < 4.78 is 32.5. The fraction of sp³-hybridized carbons (Fsp3) is 0.532. The lowest BCUT2D eigenvalue weighted by molar-refractivity contribution is -0.129. The average molecular weight is 789 g/mol. The van der Waals surface area contributed by atoms with Crippen molar-refractivity contribution in [3.05, 3.63) is 71.8 Å². The highest BCUT2D eigenvalue weighted by Gasteiger charge is 2.23. The van der Waals surface area contributed by atoms with Crippen molar-refractivity contribution in [3.63, 3.8) is 0 Å². The Morgan fingerprint density at radius 1 is 0.526 bits per heavy atom. The summed E-state index contributed by atoms with van der Waals surface area (Å²) in [5.74, 6) is 3.36. The van der Waals surface area contributed by atoms with Crippen molar-refractivity contribution < 1.29 is 38.0 Å². The summed E-state index contributed by atoms with van der Waals surface area (Å²) in [4.78, 5) is 29.8. The lowest BCUT2D eigenvalue weighted by Crippen LogP contribution is -2.41. The molecule has 2 fully saturated rings. The molecule has 0 heterocycles. The van der Waals surface area contributed by atoms with Crippen molar-refractivity contribution in [2.75, 3.05) is 62.8 Å². The molecule has 314 valence electrons. The Balaban J connectivity index is 0.00000132. The molecule has 10 heteroatoms. The molecule has 2 amide bonds. The normalized spacial score (nSPS) is 14.7. The molecule has 57 heavy (non-hydrogen) atoms. The van der Waals surface area contributed by atoms with E-state index in [9.17, 15) is 9.59 Å². The number of ether oxygens (including phenoxy) is 6. The molecule has 0 N–H and O–H groups in total. The molecule has 2 aliphatic carbocycles. The summed E-state index contributed by atoms with van der Waals surface area (Å²) in [5, 5.41) is 0. The van der Waals surface area contributed by atoms with Gasteiger partial charge in [0.05, 0.1) is 42.7 Å². The smallest absolute Gasteiger partial charge is 0.246 e. The van der Waals surface area contributed by atoms with E-state index in [1.54, 1.807) is 71.9 Å². The number of carbonyl (C=O) groups is 2. The van der Waals surface area contributed by atoms with Gasteiger partial charge in [-0.05, 0) is 61.1 Å². The Bertz CT molecular complexity index is 1560. The minimum absolute atomic E-state index is 0.0490. The van der Waals surface area contributed by atoms with Crippen LogP contribution >= 0.6 is 0 Å². The van der Waals surface area contributed by atoms with Crippen LogP contribution in [0.3, 0.4) is 0 Å². The number of likely N-dealkylation sites (N-methyl/N-ethyl adjacent to an activating group) is 1. The topological polar surface area (TPSA) is 96.0 Å². The zero-order chi connectivity index (χ0) is 41.3. The van der Waals surface area contributed by atoms with Crippen LogP contribution in [0, 0.1) is 0 Å². The summed E-state index contributed by atoms with van der Waals surface area (Å²) >= 11 is 0. The van der Waals surface area contributed by atoms with Crippen LogP contribution in [0.2, 0.25) is 0 Å². The molecule has 2 saturated carbocycles. The molecular formula is C47H68N2O8. The number of amides is 2. The van der Waals surface area contributed by atoms with Gasteiger partial charge in [0.2, 0.25) is 23.3 Å². The molecule has 0 spiro atoms. The van der Waals surface area contributed by atoms with E-state index >= 15 is 0 Å². The first-order valence-corrected chi connectivity index (χ1v) is 20.6. The molecule has 0 aliphatic heterocycles. The first kappa shape index (κ1) is 46.5. The standard InChI is InChI=1S/C41H56N2O8.C6H12/c1-42(38(44)23-15-13-19-31-27-34(46-2)40(50-6)35(28-31)47-3)25-17-8-9-18-26-43(33-21-11-10-12-22-33)39(45)24-16-14-20-32-29-36(48-4)41(51-7)37(30-32)49-5;1-2-4-6-5-3-1/h13-16,19-20,23-24,27-30,33H,8-12,17-18,21-22,25-26H2,1-7H3;1-6H2/b19-13+,20-14+,23-15+,24-16+;. The molecule has 0 unspecified atom stereocenters. The second-order valence-corrected chi connectivity index (χ2v) is 14.5. The third-order valence-electron chi connectivity index (χ3n) is 10.5. The Hall–Kier alpha value is -4.86. The largest absolute Gasteiger partial charge is 0.493 e. The van der Waals surface area contributed by atoms with Gasteiger partial charge in [-0.3, -0.25) is 9.59 Å². The van der Waals surface area contributed by atoms with Crippen molar-refractivity contribution in [1.82, 2.24) is 9.80 Å². The van der Waals surface area contributed by atoms with Crippen molar-refractivity contribution in [3.8, 4) is 34.5 Å². The third kappa shape index (κ3) is 15.9. The van der Waals surface area contributed by atoms with E-state index in [0.717, 1.165) is 69.0 Å². The van der Waals surface area contributed by atoms with E-state index in [0.29, 0.717) is 41.0 Å². The fourth-order valence-corrected chi connectivity index (χ4v) is 7.25. The monoisotopic (exact) mass is 788 g/mol. The number of nitrogens with zero attached hydrogens (tertiary/aromatic N) is 2. The van der Waals surface area contributed by atoms with Crippen molar-refractivity contribution >= 4 is 24.0 Å². The first-order chi connectivity index (χ1) is 27.8. The molecular weight excluding hydrogens is 721 g/mol.